The summed E-state index contributed by atoms with van der Waals surface area (Å²) in [4.78, 5) is 9.05. The first-order valence-electron chi connectivity index (χ1n) is 8.81. The van der Waals surface area contributed by atoms with Crippen LogP contribution in [0.1, 0.15) is 18.3 Å². The molecule has 4 aromatic heterocycles. The van der Waals surface area contributed by atoms with E-state index in [1.54, 1.807) is 0 Å². The first-order chi connectivity index (χ1) is 13.2. The second-order valence-corrected chi connectivity index (χ2v) is 6.14. The van der Waals surface area contributed by atoms with E-state index in [2.05, 4.69) is 37.3 Å². The van der Waals surface area contributed by atoms with Crippen molar-refractivity contribution in [1.82, 2.24) is 30.4 Å². The molecule has 0 aliphatic heterocycles. The number of aryl methyl sites for hydroxylation is 2. The van der Waals surface area contributed by atoms with E-state index < -0.39 is 0 Å². The van der Waals surface area contributed by atoms with Crippen molar-refractivity contribution >= 4 is 0 Å². The van der Waals surface area contributed by atoms with Crippen molar-refractivity contribution in [1.29, 1.82) is 0 Å². The summed E-state index contributed by atoms with van der Waals surface area (Å²) in [7, 11) is 0. The lowest BCUT2D eigenvalue weighted by Gasteiger charge is -2.04. The van der Waals surface area contributed by atoms with Crippen molar-refractivity contribution in [2.75, 3.05) is 0 Å². The normalized spacial score (nSPS) is 10.7. The molecule has 4 rings (SSSR count). The van der Waals surface area contributed by atoms with Gasteiger partial charge in [0.1, 0.15) is 22.8 Å². The molecule has 0 bridgehead atoms. The maximum atomic E-state index is 4.58. The summed E-state index contributed by atoms with van der Waals surface area (Å²) in [6.07, 6.45) is 0.886. The number of pyridine rings is 2. The van der Waals surface area contributed by atoms with Gasteiger partial charge in [-0.2, -0.15) is 0 Å². The maximum absolute atomic E-state index is 4.58. The Balaban J connectivity index is 1.58. The Morgan fingerprint density at radius 1 is 0.556 bits per heavy atom. The van der Waals surface area contributed by atoms with E-state index >= 15 is 0 Å². The highest BCUT2D eigenvalue weighted by Crippen LogP contribution is 2.20. The Morgan fingerprint density at radius 2 is 1.04 bits per heavy atom. The van der Waals surface area contributed by atoms with E-state index in [1.165, 1.54) is 0 Å². The second kappa shape index (κ2) is 7.37. The summed E-state index contributed by atoms with van der Waals surface area (Å²) in [5, 5.41) is 17.1. The van der Waals surface area contributed by atoms with E-state index in [9.17, 15) is 0 Å². The molecule has 0 radical (unpaired) electrons. The van der Waals surface area contributed by atoms with E-state index in [0.29, 0.717) is 11.4 Å². The lowest BCUT2D eigenvalue weighted by molar-refractivity contribution is 0.980. The van der Waals surface area contributed by atoms with Crippen molar-refractivity contribution < 1.29 is 0 Å². The third-order valence-corrected chi connectivity index (χ3v) is 4.17. The summed E-state index contributed by atoms with van der Waals surface area (Å²) in [5.41, 5.74) is 6.40. The van der Waals surface area contributed by atoms with Crippen LogP contribution >= 0.6 is 0 Å². The molecule has 0 spiro atoms. The van der Waals surface area contributed by atoms with Crippen LogP contribution in [0.4, 0.5) is 0 Å². The largest absolute Gasteiger partial charge is 0.251 e. The van der Waals surface area contributed by atoms with Gasteiger partial charge in [0.05, 0.1) is 11.4 Å². The van der Waals surface area contributed by atoms with Crippen molar-refractivity contribution in [2.24, 2.45) is 0 Å². The molecule has 0 N–H and O–H groups in total. The van der Waals surface area contributed by atoms with E-state index in [0.717, 1.165) is 40.6 Å². The third kappa shape index (κ3) is 3.69. The molecule has 0 saturated heterocycles. The van der Waals surface area contributed by atoms with Gasteiger partial charge in [0.25, 0.3) is 0 Å². The molecule has 6 nitrogen and oxygen atoms in total. The first kappa shape index (κ1) is 16.9. The summed E-state index contributed by atoms with van der Waals surface area (Å²) < 4.78 is 0. The molecule has 0 unspecified atom stereocenters. The average Bonchev–Trinajstić information content (AvgIpc) is 2.74. The minimum atomic E-state index is 0.667. The number of hydrogen-bond donors (Lipinski definition) is 0. The van der Waals surface area contributed by atoms with Gasteiger partial charge in [-0.15, -0.1) is 20.4 Å². The van der Waals surface area contributed by atoms with Gasteiger partial charge in [-0.3, -0.25) is 9.97 Å². The van der Waals surface area contributed by atoms with Crippen LogP contribution in [0.25, 0.3) is 34.2 Å². The van der Waals surface area contributed by atoms with Gasteiger partial charge in [0, 0.05) is 11.4 Å². The van der Waals surface area contributed by atoms with Gasteiger partial charge in [-0.25, -0.2) is 0 Å². The Morgan fingerprint density at radius 3 is 1.52 bits per heavy atom. The standard InChI is InChI=1S/C21H18N6/c1-3-15-7-5-9-17(23-15)19-11-13-21(27-25-19)20-12-10-18(24-26-20)16-8-4-6-14(2)22-16/h4-13H,3H2,1-2H3. The summed E-state index contributed by atoms with van der Waals surface area (Å²) in [5.74, 6) is 0. The zero-order valence-corrected chi connectivity index (χ0v) is 15.2. The smallest absolute Gasteiger partial charge is 0.113 e. The predicted molar refractivity (Wildman–Crippen MR) is 104 cm³/mol. The molecule has 0 saturated carbocycles. The molecule has 6 heteroatoms. The fraction of sp³-hybridized carbons (Fsp3) is 0.143. The minimum Gasteiger partial charge on any atom is -0.251 e. The van der Waals surface area contributed by atoms with Crippen LogP contribution < -0.4 is 0 Å². The van der Waals surface area contributed by atoms with Crippen molar-refractivity contribution in [3.05, 3.63) is 72.1 Å². The lowest BCUT2D eigenvalue weighted by atomic mass is 10.2. The zero-order chi connectivity index (χ0) is 18.6. The highest BCUT2D eigenvalue weighted by atomic mass is 15.2. The van der Waals surface area contributed by atoms with Gasteiger partial charge >= 0.3 is 0 Å². The molecule has 27 heavy (non-hydrogen) atoms. The van der Waals surface area contributed by atoms with Crippen LogP contribution in [0.3, 0.4) is 0 Å². The van der Waals surface area contributed by atoms with Gasteiger partial charge in [0.2, 0.25) is 0 Å². The van der Waals surface area contributed by atoms with Crippen LogP contribution in [0.15, 0.2) is 60.7 Å². The van der Waals surface area contributed by atoms with E-state index in [-0.39, 0.29) is 0 Å². The van der Waals surface area contributed by atoms with E-state index in [1.807, 2.05) is 67.6 Å². The van der Waals surface area contributed by atoms with Gasteiger partial charge < -0.3 is 0 Å². The van der Waals surface area contributed by atoms with Crippen LogP contribution in [0, 0.1) is 6.92 Å². The quantitative estimate of drug-likeness (QED) is 0.553. The molecule has 4 aromatic rings. The Kier molecular flexibility index (Phi) is 4.61. The Bertz CT molecular complexity index is 1060. The first-order valence-corrected chi connectivity index (χ1v) is 8.81. The molecular weight excluding hydrogens is 336 g/mol. The number of rotatable bonds is 4. The second-order valence-electron chi connectivity index (χ2n) is 6.14. The monoisotopic (exact) mass is 354 g/mol. The zero-order valence-electron chi connectivity index (χ0n) is 15.2. The van der Waals surface area contributed by atoms with Gasteiger partial charge in [-0.05, 0) is 61.9 Å². The summed E-state index contributed by atoms with van der Waals surface area (Å²) >= 11 is 0. The van der Waals surface area contributed by atoms with Crippen molar-refractivity contribution in [3.8, 4) is 34.2 Å². The number of aromatic nitrogens is 6. The number of nitrogens with zero attached hydrogens (tertiary/aromatic N) is 6. The topological polar surface area (TPSA) is 77.3 Å². The van der Waals surface area contributed by atoms with Crippen molar-refractivity contribution in [2.45, 2.75) is 20.3 Å². The van der Waals surface area contributed by atoms with Gasteiger partial charge in [0.15, 0.2) is 0 Å². The molecule has 0 amide bonds. The molecule has 0 atom stereocenters. The highest BCUT2D eigenvalue weighted by Gasteiger charge is 2.08. The van der Waals surface area contributed by atoms with E-state index in [4.69, 9.17) is 0 Å². The van der Waals surface area contributed by atoms with Crippen LogP contribution in [0.5, 0.6) is 0 Å². The summed E-state index contributed by atoms with van der Waals surface area (Å²) in [6, 6.07) is 19.3. The predicted octanol–water partition coefficient (Wildman–Crippen LogP) is 3.93. The van der Waals surface area contributed by atoms with Crippen LogP contribution in [0.2, 0.25) is 0 Å². The fourth-order valence-corrected chi connectivity index (χ4v) is 2.72. The highest BCUT2D eigenvalue weighted by molar-refractivity contribution is 5.61. The fourth-order valence-electron chi connectivity index (χ4n) is 2.72. The molecule has 0 aliphatic rings. The number of hydrogen-bond acceptors (Lipinski definition) is 6. The van der Waals surface area contributed by atoms with Gasteiger partial charge in [-0.1, -0.05) is 19.1 Å². The average molecular weight is 354 g/mol. The molecular formula is C21H18N6. The Hall–Kier alpha value is -3.54. The SMILES string of the molecule is CCc1cccc(-c2ccc(-c3ccc(-c4cccc(C)n4)nn3)nn2)n1. The molecule has 132 valence electrons. The third-order valence-electron chi connectivity index (χ3n) is 4.17. The summed E-state index contributed by atoms with van der Waals surface area (Å²) in [6.45, 7) is 4.03. The van der Waals surface area contributed by atoms with Crippen molar-refractivity contribution in [3.63, 3.8) is 0 Å². The van der Waals surface area contributed by atoms with Crippen LogP contribution in [-0.2, 0) is 6.42 Å². The Labute approximate surface area is 157 Å². The lowest BCUT2D eigenvalue weighted by Crippen LogP contribution is -1.97. The minimum absolute atomic E-state index is 0.667. The molecule has 0 aromatic carbocycles. The molecule has 4 heterocycles. The maximum Gasteiger partial charge on any atom is 0.113 e. The molecule has 0 aliphatic carbocycles. The van der Waals surface area contributed by atoms with Crippen LogP contribution in [-0.4, -0.2) is 30.4 Å². The molecule has 0 fully saturated rings.